The monoisotopic (exact) mass is 463 g/mol. The minimum atomic E-state index is -1.24. The number of carbonyl (C=O) groups excluding carboxylic acids is 4. The number of nitrogens with zero attached hydrogens (tertiary/aromatic N) is 2. The van der Waals surface area contributed by atoms with Crippen LogP contribution in [0.4, 0.5) is 10.5 Å². The van der Waals surface area contributed by atoms with Gasteiger partial charge in [0.05, 0.1) is 0 Å². The third-order valence-electron chi connectivity index (χ3n) is 6.62. The van der Waals surface area contributed by atoms with Gasteiger partial charge in [-0.1, -0.05) is 48.5 Å². The topological polar surface area (TPSA) is 125 Å². The van der Waals surface area contributed by atoms with Crippen LogP contribution < -0.4 is 16.4 Å². The van der Waals surface area contributed by atoms with Crippen molar-refractivity contribution in [3.8, 4) is 0 Å². The van der Waals surface area contributed by atoms with Crippen molar-refractivity contribution in [2.75, 3.05) is 18.4 Å². The lowest BCUT2D eigenvalue weighted by Gasteiger charge is -2.47. The van der Waals surface area contributed by atoms with Crippen molar-refractivity contribution >= 4 is 29.4 Å². The van der Waals surface area contributed by atoms with Crippen LogP contribution in [0.15, 0.2) is 60.7 Å². The summed E-state index contributed by atoms with van der Waals surface area (Å²) in [4.78, 5) is 54.4. The molecule has 4 rings (SSSR count). The number of nitrogens with one attached hydrogen (secondary N) is 2. The second-order valence-electron chi connectivity index (χ2n) is 8.70. The van der Waals surface area contributed by atoms with E-state index >= 15 is 0 Å². The first-order valence-electron chi connectivity index (χ1n) is 11.5. The highest BCUT2D eigenvalue weighted by Crippen LogP contribution is 2.36. The van der Waals surface area contributed by atoms with Crippen molar-refractivity contribution in [2.24, 2.45) is 5.73 Å². The number of amides is 5. The Bertz CT molecular complexity index is 1050. The summed E-state index contributed by atoms with van der Waals surface area (Å²) in [5.41, 5.74) is 5.95. The molecular formula is C25H29N5O4. The van der Waals surface area contributed by atoms with Gasteiger partial charge >= 0.3 is 6.03 Å². The minimum absolute atomic E-state index is 0.166. The average Bonchev–Trinajstić information content (AvgIpc) is 3.26. The van der Waals surface area contributed by atoms with Gasteiger partial charge in [-0.2, -0.15) is 0 Å². The summed E-state index contributed by atoms with van der Waals surface area (Å²) in [7, 11) is 0. The lowest BCUT2D eigenvalue weighted by atomic mass is 9.83. The van der Waals surface area contributed by atoms with Crippen molar-refractivity contribution < 1.29 is 19.2 Å². The molecule has 2 fully saturated rings. The van der Waals surface area contributed by atoms with Crippen molar-refractivity contribution in [3.05, 3.63) is 66.2 Å². The van der Waals surface area contributed by atoms with Gasteiger partial charge < -0.3 is 26.2 Å². The molecule has 0 unspecified atom stereocenters. The van der Waals surface area contributed by atoms with E-state index in [1.54, 1.807) is 17.0 Å². The zero-order valence-electron chi connectivity index (χ0n) is 18.9. The van der Waals surface area contributed by atoms with Crippen molar-refractivity contribution in [3.63, 3.8) is 0 Å². The van der Waals surface area contributed by atoms with Crippen LogP contribution in [0.25, 0.3) is 0 Å². The molecule has 2 aromatic carbocycles. The van der Waals surface area contributed by atoms with Gasteiger partial charge in [0.2, 0.25) is 17.7 Å². The molecule has 0 spiro atoms. The molecule has 9 nitrogen and oxygen atoms in total. The first-order chi connectivity index (χ1) is 16.4. The Hall–Kier alpha value is -3.88. The van der Waals surface area contributed by atoms with Crippen LogP contribution in [0.3, 0.4) is 0 Å². The van der Waals surface area contributed by atoms with Crippen LogP contribution in [0, 0.1) is 0 Å². The number of carbonyl (C=O) groups is 4. The Labute approximate surface area is 198 Å². The van der Waals surface area contributed by atoms with Gasteiger partial charge in [0.15, 0.2) is 0 Å². The summed E-state index contributed by atoms with van der Waals surface area (Å²) in [6, 6.07) is 17.5. The number of para-hydroxylation sites is 1. The van der Waals surface area contributed by atoms with E-state index in [0.717, 1.165) is 5.56 Å². The molecule has 4 N–H and O–H groups in total. The van der Waals surface area contributed by atoms with E-state index in [-0.39, 0.29) is 50.2 Å². The maximum Gasteiger partial charge on any atom is 0.321 e. The third-order valence-corrected chi connectivity index (χ3v) is 6.62. The number of primary amides is 1. The van der Waals surface area contributed by atoms with Crippen molar-refractivity contribution in [2.45, 2.75) is 43.8 Å². The Morgan fingerprint density at radius 1 is 0.971 bits per heavy atom. The molecule has 9 heteroatoms. The van der Waals surface area contributed by atoms with Crippen molar-refractivity contribution in [1.29, 1.82) is 0 Å². The Morgan fingerprint density at radius 2 is 1.59 bits per heavy atom. The molecule has 2 aliphatic heterocycles. The number of likely N-dealkylation sites (tertiary alicyclic amines) is 2. The molecule has 2 aromatic rings. The summed E-state index contributed by atoms with van der Waals surface area (Å²) in [6.45, 7) is 0.808. The van der Waals surface area contributed by atoms with Crippen LogP contribution in [0.1, 0.15) is 31.2 Å². The molecule has 0 bridgehead atoms. The van der Waals surface area contributed by atoms with Gasteiger partial charge in [-0.05, 0) is 37.0 Å². The molecule has 34 heavy (non-hydrogen) atoms. The van der Waals surface area contributed by atoms with Crippen LogP contribution in [0.2, 0.25) is 0 Å². The van der Waals surface area contributed by atoms with Crippen LogP contribution in [-0.2, 0) is 20.9 Å². The second kappa shape index (κ2) is 9.94. The summed E-state index contributed by atoms with van der Waals surface area (Å²) >= 11 is 0. The lowest BCUT2D eigenvalue weighted by molar-refractivity contribution is -0.153. The van der Waals surface area contributed by atoms with E-state index in [0.29, 0.717) is 18.7 Å². The molecule has 0 saturated carbocycles. The van der Waals surface area contributed by atoms with Gasteiger partial charge in [0.1, 0.15) is 11.6 Å². The predicted octanol–water partition coefficient (Wildman–Crippen LogP) is 1.85. The standard InChI is InChI=1S/C25H29N5O4/c26-22(32)20-11-12-21(31)30(20)25(23(33)27-17-18-7-3-1-4-8-18)13-15-29(16-14-25)24(34)28-19-9-5-2-6-10-19/h1-10,20H,11-17H2,(H2,26,32)(H,27,33)(H,28,34)/t20-/m0/s1. The van der Waals surface area contributed by atoms with E-state index in [1.807, 2.05) is 48.5 Å². The van der Waals surface area contributed by atoms with Gasteiger partial charge in [0.25, 0.3) is 0 Å². The van der Waals surface area contributed by atoms with E-state index in [2.05, 4.69) is 10.6 Å². The number of hydrogen-bond donors (Lipinski definition) is 3. The fourth-order valence-electron chi connectivity index (χ4n) is 4.81. The fraction of sp³-hybridized carbons (Fsp3) is 0.360. The summed E-state index contributed by atoms with van der Waals surface area (Å²) in [6.07, 6.45) is 0.885. The van der Waals surface area contributed by atoms with E-state index in [4.69, 9.17) is 5.73 Å². The lowest BCUT2D eigenvalue weighted by Crippen LogP contribution is -2.67. The van der Waals surface area contributed by atoms with Gasteiger partial charge in [-0.3, -0.25) is 14.4 Å². The van der Waals surface area contributed by atoms with Gasteiger partial charge in [0, 0.05) is 31.7 Å². The molecule has 2 aliphatic rings. The number of piperidine rings is 1. The molecule has 2 heterocycles. The van der Waals surface area contributed by atoms with Crippen LogP contribution in [0.5, 0.6) is 0 Å². The second-order valence-corrected chi connectivity index (χ2v) is 8.70. The number of nitrogens with two attached hydrogens (primary N) is 1. The van der Waals surface area contributed by atoms with Crippen LogP contribution in [-0.4, -0.2) is 58.2 Å². The first-order valence-corrected chi connectivity index (χ1v) is 11.5. The number of benzene rings is 2. The SMILES string of the molecule is NC(=O)[C@@H]1CCC(=O)N1C1(C(=O)NCc2ccccc2)CCN(C(=O)Nc2ccccc2)CC1. The maximum absolute atomic E-state index is 13.6. The normalized spacial score (nSPS) is 19.5. The van der Waals surface area contributed by atoms with Gasteiger partial charge in [-0.25, -0.2) is 4.79 Å². The van der Waals surface area contributed by atoms with Crippen molar-refractivity contribution in [1.82, 2.24) is 15.1 Å². The molecule has 5 amide bonds. The number of urea groups is 1. The molecule has 0 aromatic heterocycles. The highest BCUT2D eigenvalue weighted by Gasteiger charge is 2.54. The molecule has 0 aliphatic carbocycles. The average molecular weight is 464 g/mol. The zero-order valence-corrected chi connectivity index (χ0v) is 18.9. The molecule has 2 saturated heterocycles. The molecule has 178 valence electrons. The quantitative estimate of drug-likeness (QED) is 0.605. The number of anilines is 1. The highest BCUT2D eigenvalue weighted by atomic mass is 16.2. The minimum Gasteiger partial charge on any atom is -0.368 e. The fourth-order valence-corrected chi connectivity index (χ4v) is 4.81. The van der Waals surface area contributed by atoms with Gasteiger partial charge in [-0.15, -0.1) is 0 Å². The largest absolute Gasteiger partial charge is 0.368 e. The Balaban J connectivity index is 1.53. The van der Waals surface area contributed by atoms with E-state index in [1.165, 1.54) is 4.90 Å². The number of hydrogen-bond acceptors (Lipinski definition) is 4. The summed E-state index contributed by atoms with van der Waals surface area (Å²) in [5.74, 6) is -1.22. The van der Waals surface area contributed by atoms with Crippen LogP contribution >= 0.6 is 0 Å². The zero-order chi connectivity index (χ0) is 24.1. The van der Waals surface area contributed by atoms with E-state index in [9.17, 15) is 19.2 Å². The van der Waals surface area contributed by atoms with E-state index < -0.39 is 17.5 Å². The molecule has 1 atom stereocenters. The number of rotatable bonds is 6. The summed E-state index contributed by atoms with van der Waals surface area (Å²) < 4.78 is 0. The summed E-state index contributed by atoms with van der Waals surface area (Å²) in [5, 5.41) is 5.80. The predicted molar refractivity (Wildman–Crippen MR) is 126 cm³/mol. The highest BCUT2D eigenvalue weighted by molar-refractivity contribution is 5.97. The maximum atomic E-state index is 13.6. The molecule has 0 radical (unpaired) electrons. The molecular weight excluding hydrogens is 434 g/mol. The Kier molecular flexibility index (Phi) is 6.81. The Morgan fingerprint density at radius 3 is 2.21 bits per heavy atom. The first kappa shape index (κ1) is 23.3. The smallest absolute Gasteiger partial charge is 0.321 e. The third kappa shape index (κ3) is 4.73.